The summed E-state index contributed by atoms with van der Waals surface area (Å²) in [6.45, 7) is 0. The average Bonchev–Trinajstić information content (AvgIpc) is 2.74. The van der Waals surface area contributed by atoms with Gasteiger partial charge in [0.1, 0.15) is 5.75 Å². The monoisotopic (exact) mass is 205 g/mol. The van der Waals surface area contributed by atoms with Crippen molar-refractivity contribution in [1.82, 2.24) is 0 Å². The highest BCUT2D eigenvalue weighted by atomic mass is 16.5. The zero-order chi connectivity index (χ0) is 10.7. The molecule has 1 aliphatic carbocycles. The van der Waals surface area contributed by atoms with Gasteiger partial charge in [0.2, 0.25) is 0 Å². The number of anilines is 1. The number of esters is 1. The number of carbonyl (C=O) groups is 1. The molecule has 0 spiro atoms. The number of benzene rings is 1. The van der Waals surface area contributed by atoms with Gasteiger partial charge in [-0.1, -0.05) is 12.8 Å². The molecule has 0 radical (unpaired) electrons. The second-order valence-electron chi connectivity index (χ2n) is 3.97. The van der Waals surface area contributed by atoms with E-state index in [1.165, 1.54) is 0 Å². The van der Waals surface area contributed by atoms with Crippen LogP contribution in [0.4, 0.5) is 5.69 Å². The third kappa shape index (κ3) is 2.49. The van der Waals surface area contributed by atoms with Crippen molar-refractivity contribution in [3.63, 3.8) is 0 Å². The summed E-state index contributed by atoms with van der Waals surface area (Å²) < 4.78 is 5.26. The number of carbonyl (C=O) groups excluding carboxylic acids is 1. The van der Waals surface area contributed by atoms with Crippen LogP contribution in [-0.2, 0) is 4.79 Å². The van der Waals surface area contributed by atoms with Gasteiger partial charge in [-0.2, -0.15) is 0 Å². The van der Waals surface area contributed by atoms with Crippen LogP contribution in [0, 0.1) is 5.92 Å². The van der Waals surface area contributed by atoms with E-state index in [1.54, 1.807) is 24.3 Å². The van der Waals surface area contributed by atoms with E-state index in [4.69, 9.17) is 10.5 Å². The summed E-state index contributed by atoms with van der Waals surface area (Å²) in [6.07, 6.45) is 4.21. The van der Waals surface area contributed by atoms with Crippen LogP contribution in [0.1, 0.15) is 25.7 Å². The van der Waals surface area contributed by atoms with Crippen LogP contribution in [0.3, 0.4) is 0 Å². The topological polar surface area (TPSA) is 52.3 Å². The Morgan fingerprint density at radius 3 is 2.40 bits per heavy atom. The van der Waals surface area contributed by atoms with Crippen molar-refractivity contribution in [3.05, 3.63) is 24.3 Å². The molecule has 0 bridgehead atoms. The van der Waals surface area contributed by atoms with E-state index in [-0.39, 0.29) is 11.9 Å². The Bertz CT molecular complexity index is 339. The minimum Gasteiger partial charge on any atom is -0.426 e. The van der Waals surface area contributed by atoms with Crippen molar-refractivity contribution >= 4 is 11.7 Å². The zero-order valence-electron chi connectivity index (χ0n) is 8.61. The third-order valence-corrected chi connectivity index (χ3v) is 2.79. The molecule has 3 heteroatoms. The van der Waals surface area contributed by atoms with Gasteiger partial charge in [0.15, 0.2) is 0 Å². The number of nitrogen functional groups attached to an aromatic ring is 1. The van der Waals surface area contributed by atoms with E-state index in [9.17, 15) is 4.79 Å². The number of hydrogen-bond donors (Lipinski definition) is 1. The van der Waals surface area contributed by atoms with Gasteiger partial charge in [-0.05, 0) is 37.1 Å². The predicted molar refractivity (Wildman–Crippen MR) is 58.4 cm³/mol. The molecule has 0 heterocycles. The number of ether oxygens (including phenoxy) is 1. The van der Waals surface area contributed by atoms with Crippen molar-refractivity contribution in [2.75, 3.05) is 5.73 Å². The van der Waals surface area contributed by atoms with E-state index in [2.05, 4.69) is 0 Å². The average molecular weight is 205 g/mol. The van der Waals surface area contributed by atoms with Gasteiger partial charge in [-0.15, -0.1) is 0 Å². The van der Waals surface area contributed by atoms with Crippen molar-refractivity contribution < 1.29 is 9.53 Å². The van der Waals surface area contributed by atoms with Crippen molar-refractivity contribution in [1.29, 1.82) is 0 Å². The van der Waals surface area contributed by atoms with E-state index in [1.807, 2.05) is 0 Å². The Balaban J connectivity index is 1.96. The smallest absolute Gasteiger partial charge is 0.314 e. The molecule has 80 valence electrons. The molecule has 0 aliphatic heterocycles. The number of hydrogen-bond acceptors (Lipinski definition) is 3. The van der Waals surface area contributed by atoms with Crippen LogP contribution in [0.5, 0.6) is 5.75 Å². The first-order chi connectivity index (χ1) is 7.25. The van der Waals surface area contributed by atoms with Crippen LogP contribution < -0.4 is 10.5 Å². The molecular formula is C12H15NO2. The fraction of sp³-hybridized carbons (Fsp3) is 0.417. The van der Waals surface area contributed by atoms with E-state index in [0.717, 1.165) is 25.7 Å². The fourth-order valence-corrected chi connectivity index (χ4v) is 1.90. The highest BCUT2D eigenvalue weighted by Gasteiger charge is 2.24. The summed E-state index contributed by atoms with van der Waals surface area (Å²) >= 11 is 0. The van der Waals surface area contributed by atoms with E-state index >= 15 is 0 Å². The molecule has 1 aromatic carbocycles. The van der Waals surface area contributed by atoms with Gasteiger partial charge >= 0.3 is 5.97 Å². The van der Waals surface area contributed by atoms with E-state index < -0.39 is 0 Å². The predicted octanol–water partition coefficient (Wildman–Crippen LogP) is 2.36. The number of nitrogens with two attached hydrogens (primary N) is 1. The van der Waals surface area contributed by atoms with Gasteiger partial charge in [0.25, 0.3) is 0 Å². The van der Waals surface area contributed by atoms with Crippen molar-refractivity contribution in [3.8, 4) is 5.75 Å². The van der Waals surface area contributed by atoms with E-state index in [0.29, 0.717) is 11.4 Å². The SMILES string of the molecule is Nc1ccc(OC(=O)C2CCCC2)cc1. The molecule has 0 unspecified atom stereocenters. The normalized spacial score (nSPS) is 16.5. The highest BCUT2D eigenvalue weighted by Crippen LogP contribution is 2.26. The largest absolute Gasteiger partial charge is 0.426 e. The minimum absolute atomic E-state index is 0.0996. The summed E-state index contributed by atoms with van der Waals surface area (Å²) in [5, 5.41) is 0. The van der Waals surface area contributed by atoms with Crippen LogP contribution >= 0.6 is 0 Å². The summed E-state index contributed by atoms with van der Waals surface area (Å²) in [5.41, 5.74) is 6.22. The summed E-state index contributed by atoms with van der Waals surface area (Å²) in [6, 6.07) is 6.92. The summed E-state index contributed by atoms with van der Waals surface area (Å²) in [5.74, 6) is 0.584. The maximum atomic E-state index is 11.6. The Labute approximate surface area is 89.2 Å². The Morgan fingerprint density at radius 2 is 1.80 bits per heavy atom. The van der Waals surface area contributed by atoms with Crippen molar-refractivity contribution in [2.24, 2.45) is 5.92 Å². The fourth-order valence-electron chi connectivity index (χ4n) is 1.90. The summed E-state index contributed by atoms with van der Waals surface area (Å²) in [7, 11) is 0. The molecule has 0 amide bonds. The lowest BCUT2D eigenvalue weighted by Crippen LogP contribution is -2.17. The maximum Gasteiger partial charge on any atom is 0.314 e. The minimum atomic E-state index is -0.0997. The maximum absolute atomic E-state index is 11.6. The molecule has 1 aliphatic rings. The molecular weight excluding hydrogens is 190 g/mol. The van der Waals surface area contributed by atoms with Gasteiger partial charge in [0.05, 0.1) is 5.92 Å². The second kappa shape index (κ2) is 4.34. The van der Waals surface area contributed by atoms with Crippen molar-refractivity contribution in [2.45, 2.75) is 25.7 Å². The third-order valence-electron chi connectivity index (χ3n) is 2.79. The Kier molecular flexibility index (Phi) is 2.90. The standard InChI is InChI=1S/C12H15NO2/c13-10-5-7-11(8-6-10)15-12(14)9-3-1-2-4-9/h5-9H,1-4,13H2. The molecule has 0 atom stereocenters. The molecule has 1 aromatic rings. The molecule has 15 heavy (non-hydrogen) atoms. The molecule has 1 saturated carbocycles. The quantitative estimate of drug-likeness (QED) is 0.458. The molecule has 2 N–H and O–H groups in total. The highest BCUT2D eigenvalue weighted by molar-refractivity contribution is 5.75. The molecule has 3 nitrogen and oxygen atoms in total. The Hall–Kier alpha value is -1.51. The lowest BCUT2D eigenvalue weighted by Gasteiger charge is -2.08. The first-order valence-corrected chi connectivity index (χ1v) is 5.33. The van der Waals surface area contributed by atoms with Crippen LogP contribution in [0.25, 0.3) is 0 Å². The molecule has 0 saturated heterocycles. The van der Waals surface area contributed by atoms with Gasteiger partial charge in [-0.25, -0.2) is 0 Å². The second-order valence-corrected chi connectivity index (χ2v) is 3.97. The zero-order valence-corrected chi connectivity index (χ0v) is 8.61. The van der Waals surface area contributed by atoms with Gasteiger partial charge < -0.3 is 10.5 Å². The molecule has 1 fully saturated rings. The lowest BCUT2D eigenvalue weighted by atomic mass is 10.1. The molecule has 0 aromatic heterocycles. The van der Waals surface area contributed by atoms with Crippen LogP contribution in [-0.4, -0.2) is 5.97 Å². The van der Waals surface area contributed by atoms with Gasteiger partial charge in [0, 0.05) is 5.69 Å². The van der Waals surface area contributed by atoms with Gasteiger partial charge in [-0.3, -0.25) is 4.79 Å². The van der Waals surface area contributed by atoms with Crippen LogP contribution in [0.15, 0.2) is 24.3 Å². The van der Waals surface area contributed by atoms with Crippen LogP contribution in [0.2, 0.25) is 0 Å². The number of rotatable bonds is 2. The lowest BCUT2D eigenvalue weighted by molar-refractivity contribution is -0.138. The Morgan fingerprint density at radius 1 is 1.20 bits per heavy atom. The molecule has 2 rings (SSSR count). The summed E-state index contributed by atoms with van der Waals surface area (Å²) in [4.78, 5) is 11.6. The first-order valence-electron chi connectivity index (χ1n) is 5.33. The first kappa shape index (κ1) is 10.0.